The zero-order valence-corrected chi connectivity index (χ0v) is 12.7. The molecule has 0 bridgehead atoms. The van der Waals surface area contributed by atoms with Crippen LogP contribution >= 0.6 is 0 Å². The molecule has 1 aromatic rings. The Morgan fingerprint density at radius 3 is 2.95 bits per heavy atom. The van der Waals surface area contributed by atoms with E-state index in [1.54, 1.807) is 12.1 Å². The van der Waals surface area contributed by atoms with Gasteiger partial charge >= 0.3 is 0 Å². The second-order valence-electron chi connectivity index (χ2n) is 5.57. The molecular weight excluding hydrogens is 285 g/mol. The van der Waals surface area contributed by atoms with Crippen molar-refractivity contribution in [2.75, 3.05) is 13.7 Å². The molecule has 1 fully saturated rings. The molecule has 2 unspecified atom stereocenters. The van der Waals surface area contributed by atoms with Crippen molar-refractivity contribution < 1.29 is 19.0 Å². The maximum absolute atomic E-state index is 13.3. The Morgan fingerprint density at radius 1 is 1.45 bits per heavy atom. The van der Waals surface area contributed by atoms with E-state index >= 15 is 0 Å². The van der Waals surface area contributed by atoms with Gasteiger partial charge in [-0.2, -0.15) is 0 Å². The van der Waals surface area contributed by atoms with Gasteiger partial charge in [0.05, 0.1) is 7.11 Å². The van der Waals surface area contributed by atoms with Crippen LogP contribution in [-0.4, -0.2) is 30.8 Å². The highest BCUT2D eigenvalue weighted by Gasteiger charge is 2.25. The maximum Gasteiger partial charge on any atom is 0.244 e. The third-order valence-electron chi connectivity index (χ3n) is 4.07. The molecular formula is C17H22FNO3. The third kappa shape index (κ3) is 4.31. The first-order valence-corrected chi connectivity index (χ1v) is 7.57. The molecule has 0 heterocycles. The van der Waals surface area contributed by atoms with Crippen LogP contribution < -0.4 is 10.1 Å². The summed E-state index contributed by atoms with van der Waals surface area (Å²) in [6, 6.07) is 4.45. The Kier molecular flexibility index (Phi) is 5.95. The van der Waals surface area contributed by atoms with Gasteiger partial charge in [-0.1, -0.05) is 18.9 Å². The van der Waals surface area contributed by atoms with Gasteiger partial charge in [0.25, 0.3) is 0 Å². The molecule has 120 valence electrons. The minimum Gasteiger partial charge on any atom is -0.494 e. The van der Waals surface area contributed by atoms with Crippen molar-refractivity contribution in [2.45, 2.75) is 31.7 Å². The fraction of sp³-hybridized carbons (Fsp3) is 0.471. The molecule has 0 spiro atoms. The first kappa shape index (κ1) is 16.5. The summed E-state index contributed by atoms with van der Waals surface area (Å²) in [4.78, 5) is 12.0. The van der Waals surface area contributed by atoms with Gasteiger partial charge in [0.15, 0.2) is 11.6 Å². The average Bonchev–Trinajstić information content (AvgIpc) is 2.54. The molecule has 1 aliphatic rings. The van der Waals surface area contributed by atoms with Crippen LogP contribution in [-0.2, 0) is 4.79 Å². The highest BCUT2D eigenvalue weighted by Crippen LogP contribution is 2.24. The normalized spacial score (nSPS) is 21.8. The molecule has 1 amide bonds. The van der Waals surface area contributed by atoms with E-state index in [2.05, 4.69) is 5.32 Å². The van der Waals surface area contributed by atoms with Crippen LogP contribution in [0, 0.1) is 11.7 Å². The monoisotopic (exact) mass is 307 g/mol. The van der Waals surface area contributed by atoms with Gasteiger partial charge in [0.1, 0.15) is 0 Å². The van der Waals surface area contributed by atoms with E-state index in [-0.39, 0.29) is 30.2 Å². The minimum absolute atomic E-state index is 0.0265. The van der Waals surface area contributed by atoms with Crippen molar-refractivity contribution in [3.05, 3.63) is 35.7 Å². The van der Waals surface area contributed by atoms with E-state index < -0.39 is 5.82 Å². The summed E-state index contributed by atoms with van der Waals surface area (Å²) in [5, 5.41) is 12.3. The fourth-order valence-electron chi connectivity index (χ4n) is 2.80. The molecule has 2 N–H and O–H groups in total. The van der Waals surface area contributed by atoms with Gasteiger partial charge in [-0.3, -0.25) is 4.79 Å². The topological polar surface area (TPSA) is 58.6 Å². The second kappa shape index (κ2) is 7.94. The first-order valence-electron chi connectivity index (χ1n) is 7.57. The van der Waals surface area contributed by atoms with Crippen LogP contribution in [0.4, 0.5) is 4.39 Å². The second-order valence-corrected chi connectivity index (χ2v) is 5.57. The number of hydrogen-bond donors (Lipinski definition) is 2. The van der Waals surface area contributed by atoms with Crippen LogP contribution in [0.3, 0.4) is 0 Å². The van der Waals surface area contributed by atoms with E-state index in [9.17, 15) is 14.3 Å². The van der Waals surface area contributed by atoms with Gasteiger partial charge in [-0.25, -0.2) is 4.39 Å². The summed E-state index contributed by atoms with van der Waals surface area (Å²) in [7, 11) is 1.40. The van der Waals surface area contributed by atoms with Crippen LogP contribution in [0.5, 0.6) is 5.75 Å². The van der Waals surface area contributed by atoms with E-state index in [1.807, 2.05) is 0 Å². The highest BCUT2D eigenvalue weighted by atomic mass is 19.1. The molecule has 0 aliphatic heterocycles. The molecule has 2 rings (SSSR count). The van der Waals surface area contributed by atoms with Crippen LogP contribution in [0.25, 0.3) is 6.08 Å². The number of nitrogens with one attached hydrogen (secondary N) is 1. The average molecular weight is 307 g/mol. The number of carbonyl (C=O) groups excluding carboxylic acids is 1. The van der Waals surface area contributed by atoms with E-state index in [0.29, 0.717) is 5.56 Å². The fourth-order valence-corrected chi connectivity index (χ4v) is 2.80. The van der Waals surface area contributed by atoms with E-state index in [4.69, 9.17) is 4.74 Å². The number of benzene rings is 1. The highest BCUT2D eigenvalue weighted by molar-refractivity contribution is 5.92. The lowest BCUT2D eigenvalue weighted by atomic mass is 9.85. The molecule has 1 saturated carbocycles. The minimum atomic E-state index is -0.433. The summed E-state index contributed by atoms with van der Waals surface area (Å²) in [5.41, 5.74) is 0.691. The van der Waals surface area contributed by atoms with Gasteiger partial charge in [-0.15, -0.1) is 0 Å². The molecule has 1 aliphatic carbocycles. The molecule has 0 radical (unpaired) electrons. The Labute approximate surface area is 130 Å². The number of rotatable bonds is 5. The van der Waals surface area contributed by atoms with Gasteiger partial charge in [-0.05, 0) is 36.6 Å². The number of amides is 1. The first-order chi connectivity index (χ1) is 10.6. The van der Waals surface area contributed by atoms with Crippen molar-refractivity contribution in [3.8, 4) is 5.75 Å². The predicted octanol–water partition coefficient (Wildman–Crippen LogP) is 2.51. The Morgan fingerprint density at radius 2 is 2.23 bits per heavy atom. The van der Waals surface area contributed by atoms with Crippen molar-refractivity contribution in [1.82, 2.24) is 5.32 Å². The van der Waals surface area contributed by atoms with E-state index in [1.165, 1.54) is 25.3 Å². The zero-order chi connectivity index (χ0) is 15.9. The standard InChI is InChI=1S/C17H22FNO3/c1-22-16-10-12(6-8-14(16)18)7-9-17(21)19-15-5-3-2-4-13(15)11-20/h6-10,13,15,20H,2-5,11H2,1H3,(H,19,21)/b9-7+. The number of ether oxygens (including phenoxy) is 1. The van der Waals surface area contributed by atoms with Gasteiger partial charge in [0.2, 0.25) is 5.91 Å². The largest absolute Gasteiger partial charge is 0.494 e. The molecule has 5 heteroatoms. The smallest absolute Gasteiger partial charge is 0.244 e. The number of aliphatic hydroxyl groups excluding tert-OH is 1. The van der Waals surface area contributed by atoms with Crippen LogP contribution in [0.15, 0.2) is 24.3 Å². The number of hydrogen-bond acceptors (Lipinski definition) is 3. The molecule has 22 heavy (non-hydrogen) atoms. The maximum atomic E-state index is 13.3. The lowest BCUT2D eigenvalue weighted by molar-refractivity contribution is -0.117. The number of aliphatic hydroxyl groups is 1. The van der Waals surface area contributed by atoms with Crippen LogP contribution in [0.1, 0.15) is 31.2 Å². The summed E-state index contributed by atoms with van der Waals surface area (Å²) < 4.78 is 18.2. The molecule has 2 atom stereocenters. The quantitative estimate of drug-likeness (QED) is 0.822. The molecule has 4 nitrogen and oxygen atoms in total. The van der Waals surface area contributed by atoms with Crippen molar-refractivity contribution in [3.63, 3.8) is 0 Å². The lowest BCUT2D eigenvalue weighted by Crippen LogP contribution is -2.42. The lowest BCUT2D eigenvalue weighted by Gasteiger charge is -2.30. The molecule has 0 aromatic heterocycles. The molecule has 0 saturated heterocycles. The predicted molar refractivity (Wildman–Crippen MR) is 83.0 cm³/mol. The van der Waals surface area contributed by atoms with Gasteiger partial charge in [0, 0.05) is 24.6 Å². The Balaban J connectivity index is 1.96. The Bertz CT molecular complexity index is 545. The summed E-state index contributed by atoms with van der Waals surface area (Å²) in [6.07, 6.45) is 7.06. The summed E-state index contributed by atoms with van der Waals surface area (Å²) in [6.45, 7) is 0.101. The zero-order valence-electron chi connectivity index (χ0n) is 12.7. The van der Waals surface area contributed by atoms with Gasteiger partial charge < -0.3 is 15.2 Å². The van der Waals surface area contributed by atoms with E-state index in [0.717, 1.165) is 25.7 Å². The number of methoxy groups -OCH3 is 1. The SMILES string of the molecule is COc1cc(/C=C/C(=O)NC2CCCCC2CO)ccc1F. The van der Waals surface area contributed by atoms with Crippen molar-refractivity contribution in [2.24, 2.45) is 5.92 Å². The summed E-state index contributed by atoms with van der Waals surface area (Å²) in [5.74, 6) is -0.349. The Hall–Kier alpha value is -1.88. The van der Waals surface area contributed by atoms with Crippen molar-refractivity contribution in [1.29, 1.82) is 0 Å². The number of carbonyl (C=O) groups is 1. The van der Waals surface area contributed by atoms with Crippen LogP contribution in [0.2, 0.25) is 0 Å². The number of halogens is 1. The molecule has 1 aromatic carbocycles. The van der Waals surface area contributed by atoms with Crippen molar-refractivity contribution >= 4 is 12.0 Å². The summed E-state index contributed by atoms with van der Waals surface area (Å²) >= 11 is 0. The third-order valence-corrected chi connectivity index (χ3v) is 4.07.